The zero-order valence-corrected chi connectivity index (χ0v) is 15.5. The van der Waals surface area contributed by atoms with E-state index in [-0.39, 0.29) is 22.7 Å². The van der Waals surface area contributed by atoms with Gasteiger partial charge in [0.2, 0.25) is 5.88 Å². The van der Waals surface area contributed by atoms with Crippen LogP contribution in [0.25, 0.3) is 0 Å². The molecule has 0 aliphatic heterocycles. The average Bonchev–Trinajstić information content (AvgIpc) is 2.72. The molecule has 0 bridgehead atoms. The van der Waals surface area contributed by atoms with Crippen molar-refractivity contribution < 1.29 is 9.84 Å². The molecule has 0 unspecified atom stereocenters. The molecule has 3 aromatic rings. The number of aromatic hydroxyl groups is 1. The van der Waals surface area contributed by atoms with Crippen LogP contribution in [0.15, 0.2) is 69.6 Å². The second-order valence-electron chi connectivity index (χ2n) is 6.12. The largest absolute Gasteiger partial charge is 0.493 e. The van der Waals surface area contributed by atoms with Gasteiger partial charge in [0.1, 0.15) is 24.0 Å². The first kappa shape index (κ1) is 18.9. The summed E-state index contributed by atoms with van der Waals surface area (Å²) < 4.78 is 6.73. The van der Waals surface area contributed by atoms with Crippen molar-refractivity contribution in [2.45, 2.75) is 13.5 Å². The molecule has 0 saturated carbocycles. The summed E-state index contributed by atoms with van der Waals surface area (Å²) in [7, 11) is 1.37. The predicted molar refractivity (Wildman–Crippen MR) is 104 cm³/mol. The van der Waals surface area contributed by atoms with Crippen LogP contribution in [0.2, 0.25) is 0 Å². The van der Waals surface area contributed by atoms with E-state index in [0.717, 1.165) is 10.1 Å². The quantitative estimate of drug-likeness (QED) is 0.674. The Bertz CT molecular complexity index is 1130. The Morgan fingerprint density at radius 2 is 1.89 bits per heavy atom. The van der Waals surface area contributed by atoms with Gasteiger partial charge in [-0.15, -0.1) is 5.11 Å². The van der Waals surface area contributed by atoms with Gasteiger partial charge in [0.25, 0.3) is 5.56 Å². The maximum atomic E-state index is 12.3. The SMILES string of the molecule is Cc1c(C#N)c(O)n(C)c(=O)c1N=Nc1cccc(OCc2ccccc2)c1. The van der Waals surface area contributed by atoms with Gasteiger partial charge < -0.3 is 9.84 Å². The van der Waals surface area contributed by atoms with Crippen molar-refractivity contribution in [3.8, 4) is 17.7 Å². The van der Waals surface area contributed by atoms with Gasteiger partial charge in [-0.2, -0.15) is 10.4 Å². The standard InChI is InChI=1S/C21H18N4O3/c1-14-18(12-22)20(26)25(2)21(27)19(14)24-23-16-9-6-10-17(11-16)28-13-15-7-4-3-5-8-15/h3-11,26H,13H2,1-2H3. The van der Waals surface area contributed by atoms with Crippen LogP contribution in [0.1, 0.15) is 16.7 Å². The zero-order valence-electron chi connectivity index (χ0n) is 15.5. The molecule has 0 atom stereocenters. The third-order valence-corrected chi connectivity index (χ3v) is 4.22. The van der Waals surface area contributed by atoms with Crippen molar-refractivity contribution in [1.29, 1.82) is 5.26 Å². The van der Waals surface area contributed by atoms with Crippen LogP contribution in [0.5, 0.6) is 11.6 Å². The fraction of sp³-hybridized carbons (Fsp3) is 0.143. The van der Waals surface area contributed by atoms with E-state index in [2.05, 4.69) is 10.2 Å². The highest BCUT2D eigenvalue weighted by Gasteiger charge is 2.16. The Hall–Kier alpha value is -3.92. The van der Waals surface area contributed by atoms with Crippen molar-refractivity contribution in [3.05, 3.63) is 81.6 Å². The summed E-state index contributed by atoms with van der Waals surface area (Å²) in [6, 6.07) is 18.7. The number of azo groups is 1. The number of pyridine rings is 1. The number of aromatic nitrogens is 1. The van der Waals surface area contributed by atoms with Crippen LogP contribution in [0.4, 0.5) is 11.4 Å². The topological polar surface area (TPSA) is 100.0 Å². The van der Waals surface area contributed by atoms with E-state index in [1.807, 2.05) is 36.4 Å². The summed E-state index contributed by atoms with van der Waals surface area (Å²) in [4.78, 5) is 12.3. The fourth-order valence-corrected chi connectivity index (χ4v) is 2.61. The van der Waals surface area contributed by atoms with E-state index >= 15 is 0 Å². The molecule has 0 radical (unpaired) electrons. The molecule has 3 rings (SSSR count). The Kier molecular flexibility index (Phi) is 5.51. The number of hydrogen-bond donors (Lipinski definition) is 1. The minimum Gasteiger partial charge on any atom is -0.493 e. The third kappa shape index (κ3) is 3.91. The van der Waals surface area contributed by atoms with E-state index in [1.54, 1.807) is 31.2 Å². The van der Waals surface area contributed by atoms with Crippen molar-refractivity contribution in [1.82, 2.24) is 4.57 Å². The first-order chi connectivity index (χ1) is 13.5. The Balaban J connectivity index is 1.85. The van der Waals surface area contributed by atoms with Crippen molar-refractivity contribution in [2.24, 2.45) is 17.3 Å². The van der Waals surface area contributed by atoms with Gasteiger partial charge in [-0.1, -0.05) is 36.4 Å². The summed E-state index contributed by atoms with van der Waals surface area (Å²) in [5.41, 5.74) is 1.29. The normalized spacial score (nSPS) is 10.8. The summed E-state index contributed by atoms with van der Waals surface area (Å²) in [6.07, 6.45) is 0. The van der Waals surface area contributed by atoms with E-state index in [0.29, 0.717) is 18.0 Å². The molecule has 0 spiro atoms. The van der Waals surface area contributed by atoms with E-state index in [4.69, 9.17) is 4.74 Å². The monoisotopic (exact) mass is 374 g/mol. The molecular formula is C21H18N4O3. The van der Waals surface area contributed by atoms with Crippen LogP contribution >= 0.6 is 0 Å². The fourth-order valence-electron chi connectivity index (χ4n) is 2.61. The highest BCUT2D eigenvalue weighted by atomic mass is 16.5. The molecule has 0 amide bonds. The first-order valence-electron chi connectivity index (χ1n) is 8.52. The maximum Gasteiger partial charge on any atom is 0.281 e. The number of nitrogens with zero attached hydrogens (tertiary/aromatic N) is 4. The highest BCUT2D eigenvalue weighted by molar-refractivity contribution is 5.56. The molecule has 1 N–H and O–H groups in total. The van der Waals surface area contributed by atoms with Gasteiger partial charge in [0, 0.05) is 18.7 Å². The summed E-state index contributed by atoms with van der Waals surface area (Å²) in [5, 5.41) is 27.2. The molecule has 0 saturated heterocycles. The predicted octanol–water partition coefficient (Wildman–Crippen LogP) is 4.27. The van der Waals surface area contributed by atoms with Crippen LogP contribution in [0, 0.1) is 18.3 Å². The van der Waals surface area contributed by atoms with Crippen LogP contribution in [-0.4, -0.2) is 9.67 Å². The number of ether oxygens (including phenoxy) is 1. The highest BCUT2D eigenvalue weighted by Crippen LogP contribution is 2.27. The molecule has 7 nitrogen and oxygen atoms in total. The van der Waals surface area contributed by atoms with Crippen molar-refractivity contribution in [2.75, 3.05) is 0 Å². The first-order valence-corrected chi connectivity index (χ1v) is 8.52. The van der Waals surface area contributed by atoms with Gasteiger partial charge in [0.05, 0.1) is 5.69 Å². The molecule has 0 aliphatic carbocycles. The molecule has 0 fully saturated rings. The number of nitriles is 1. The number of hydrogen-bond acceptors (Lipinski definition) is 6. The average molecular weight is 374 g/mol. The molecule has 2 aromatic carbocycles. The van der Waals surface area contributed by atoms with Gasteiger partial charge in [-0.05, 0) is 24.6 Å². The second kappa shape index (κ2) is 8.18. The summed E-state index contributed by atoms with van der Waals surface area (Å²) in [5.74, 6) is 0.230. The van der Waals surface area contributed by atoms with Gasteiger partial charge >= 0.3 is 0 Å². The van der Waals surface area contributed by atoms with Gasteiger partial charge in [-0.3, -0.25) is 9.36 Å². The smallest absolute Gasteiger partial charge is 0.281 e. The maximum absolute atomic E-state index is 12.3. The van der Waals surface area contributed by atoms with Crippen LogP contribution in [-0.2, 0) is 13.7 Å². The van der Waals surface area contributed by atoms with Crippen LogP contribution in [0.3, 0.4) is 0 Å². The molecule has 1 heterocycles. The van der Waals surface area contributed by atoms with E-state index in [9.17, 15) is 15.2 Å². The number of benzene rings is 2. The summed E-state index contributed by atoms with van der Waals surface area (Å²) in [6.45, 7) is 1.97. The molecule has 7 heteroatoms. The molecular weight excluding hydrogens is 356 g/mol. The molecule has 1 aromatic heterocycles. The van der Waals surface area contributed by atoms with E-state index in [1.165, 1.54) is 7.05 Å². The minimum absolute atomic E-state index is 0.00371. The summed E-state index contributed by atoms with van der Waals surface area (Å²) >= 11 is 0. The molecule has 0 aliphatic rings. The van der Waals surface area contributed by atoms with E-state index < -0.39 is 5.56 Å². The Labute approximate surface area is 161 Å². The second-order valence-corrected chi connectivity index (χ2v) is 6.12. The zero-order chi connectivity index (χ0) is 20.1. The number of rotatable bonds is 5. The molecule has 140 valence electrons. The molecule has 28 heavy (non-hydrogen) atoms. The van der Waals surface area contributed by atoms with Gasteiger partial charge in [-0.25, -0.2) is 0 Å². The lowest BCUT2D eigenvalue weighted by Gasteiger charge is -2.08. The lowest BCUT2D eigenvalue weighted by atomic mass is 10.1. The third-order valence-electron chi connectivity index (χ3n) is 4.22. The minimum atomic E-state index is -0.533. The lowest BCUT2D eigenvalue weighted by molar-refractivity contribution is 0.306. The van der Waals surface area contributed by atoms with Crippen molar-refractivity contribution in [3.63, 3.8) is 0 Å². The van der Waals surface area contributed by atoms with Crippen molar-refractivity contribution >= 4 is 11.4 Å². The van der Waals surface area contributed by atoms with Crippen LogP contribution < -0.4 is 10.3 Å². The Morgan fingerprint density at radius 1 is 1.14 bits per heavy atom. The lowest BCUT2D eigenvalue weighted by Crippen LogP contribution is -2.18. The van der Waals surface area contributed by atoms with Gasteiger partial charge in [0.15, 0.2) is 5.69 Å². The Morgan fingerprint density at radius 3 is 2.61 bits per heavy atom.